The molecule has 8 heteroatoms. The number of hydrogen-bond donors (Lipinski definition) is 4. The van der Waals surface area contributed by atoms with Crippen molar-refractivity contribution in [3.63, 3.8) is 0 Å². The minimum atomic E-state index is -0.440. The van der Waals surface area contributed by atoms with Gasteiger partial charge in [-0.05, 0) is 67.4 Å². The van der Waals surface area contributed by atoms with Crippen LogP contribution in [0.3, 0.4) is 0 Å². The SMILES string of the molecule is CCOC(=O)C1=C(C)NC(=S)NC1c1ccc(NC(=O)Nc2ccc(C(C)C)cc2)cc1. The van der Waals surface area contributed by atoms with E-state index in [1.165, 1.54) is 5.56 Å². The Morgan fingerprint density at radius 3 is 2.12 bits per heavy atom. The molecular formula is C24H28N4O3S. The predicted molar refractivity (Wildman–Crippen MR) is 131 cm³/mol. The molecule has 1 aliphatic rings. The van der Waals surface area contributed by atoms with Gasteiger partial charge in [0.05, 0.1) is 18.2 Å². The highest BCUT2D eigenvalue weighted by atomic mass is 32.1. The highest BCUT2D eigenvalue weighted by Gasteiger charge is 2.30. The van der Waals surface area contributed by atoms with Gasteiger partial charge in [-0.2, -0.15) is 0 Å². The van der Waals surface area contributed by atoms with Crippen molar-refractivity contribution in [3.05, 3.63) is 70.9 Å². The molecule has 0 saturated carbocycles. The van der Waals surface area contributed by atoms with Gasteiger partial charge in [-0.15, -0.1) is 0 Å². The number of rotatable bonds is 6. The highest BCUT2D eigenvalue weighted by molar-refractivity contribution is 7.80. The summed E-state index contributed by atoms with van der Waals surface area (Å²) in [4.78, 5) is 24.8. The number of ether oxygens (including phenoxy) is 1. The molecular weight excluding hydrogens is 424 g/mol. The van der Waals surface area contributed by atoms with Crippen LogP contribution < -0.4 is 21.3 Å². The topological polar surface area (TPSA) is 91.5 Å². The monoisotopic (exact) mass is 452 g/mol. The van der Waals surface area contributed by atoms with Crippen molar-refractivity contribution in [2.24, 2.45) is 0 Å². The van der Waals surface area contributed by atoms with Gasteiger partial charge in [-0.3, -0.25) is 0 Å². The summed E-state index contributed by atoms with van der Waals surface area (Å²) < 4.78 is 5.21. The molecule has 168 valence electrons. The maximum atomic E-state index is 12.5. The van der Waals surface area contributed by atoms with Crippen molar-refractivity contribution in [1.82, 2.24) is 10.6 Å². The second-order valence-corrected chi connectivity index (χ2v) is 8.18. The summed E-state index contributed by atoms with van der Waals surface area (Å²) in [6.45, 7) is 8.09. The Balaban J connectivity index is 1.69. The first-order valence-corrected chi connectivity index (χ1v) is 10.9. The van der Waals surface area contributed by atoms with Crippen LogP contribution in [0.15, 0.2) is 59.8 Å². The van der Waals surface area contributed by atoms with Gasteiger partial charge in [-0.1, -0.05) is 38.1 Å². The lowest BCUT2D eigenvalue weighted by atomic mass is 9.95. The number of esters is 1. The molecule has 1 aliphatic heterocycles. The van der Waals surface area contributed by atoms with Crippen LogP contribution in [0.4, 0.5) is 16.2 Å². The summed E-state index contributed by atoms with van der Waals surface area (Å²) in [5, 5.41) is 12.2. The number of amides is 2. The van der Waals surface area contributed by atoms with Crippen molar-refractivity contribution in [2.45, 2.75) is 39.7 Å². The summed E-state index contributed by atoms with van der Waals surface area (Å²) >= 11 is 5.26. The Hall–Kier alpha value is -3.39. The van der Waals surface area contributed by atoms with Gasteiger partial charge >= 0.3 is 12.0 Å². The van der Waals surface area contributed by atoms with E-state index < -0.39 is 12.0 Å². The first kappa shape index (κ1) is 23.3. The Morgan fingerprint density at radius 1 is 1.03 bits per heavy atom. The Bertz CT molecular complexity index is 1030. The van der Waals surface area contributed by atoms with Gasteiger partial charge in [-0.25, -0.2) is 9.59 Å². The molecule has 2 amide bonds. The summed E-state index contributed by atoms with van der Waals surface area (Å²) in [6, 6.07) is 14.2. The zero-order valence-corrected chi connectivity index (χ0v) is 19.4. The lowest BCUT2D eigenvalue weighted by Crippen LogP contribution is -2.45. The van der Waals surface area contributed by atoms with Gasteiger partial charge in [0.15, 0.2) is 5.11 Å². The summed E-state index contributed by atoms with van der Waals surface area (Å²) in [5.74, 6) is 0.0331. The molecule has 32 heavy (non-hydrogen) atoms. The summed E-state index contributed by atoms with van der Waals surface area (Å²) in [5.41, 5.74) is 4.51. The van der Waals surface area contributed by atoms with Gasteiger partial charge < -0.3 is 26.0 Å². The molecule has 0 fully saturated rings. The third-order valence-electron chi connectivity index (χ3n) is 5.10. The van der Waals surface area contributed by atoms with E-state index in [0.717, 1.165) is 11.3 Å². The molecule has 0 radical (unpaired) electrons. The maximum Gasteiger partial charge on any atom is 0.338 e. The fourth-order valence-electron chi connectivity index (χ4n) is 3.43. The Morgan fingerprint density at radius 2 is 1.59 bits per heavy atom. The lowest BCUT2D eigenvalue weighted by Gasteiger charge is -2.29. The number of anilines is 2. The minimum Gasteiger partial charge on any atom is -0.463 e. The number of allylic oxidation sites excluding steroid dienone is 1. The Kier molecular flexibility index (Phi) is 7.48. The quantitative estimate of drug-likeness (QED) is 0.371. The average Bonchev–Trinajstić information content (AvgIpc) is 2.74. The molecule has 0 spiro atoms. The molecule has 0 bridgehead atoms. The number of urea groups is 1. The van der Waals surface area contributed by atoms with Gasteiger partial charge in [0, 0.05) is 17.1 Å². The first-order chi connectivity index (χ1) is 15.3. The summed E-state index contributed by atoms with van der Waals surface area (Å²) in [7, 11) is 0. The lowest BCUT2D eigenvalue weighted by molar-refractivity contribution is -0.139. The van der Waals surface area contributed by atoms with E-state index in [4.69, 9.17) is 17.0 Å². The van der Waals surface area contributed by atoms with Crippen LogP contribution in [0, 0.1) is 0 Å². The number of hydrogen-bond acceptors (Lipinski definition) is 4. The molecule has 1 heterocycles. The molecule has 0 aromatic heterocycles. The second kappa shape index (κ2) is 10.3. The normalized spacial score (nSPS) is 15.7. The predicted octanol–water partition coefficient (Wildman–Crippen LogP) is 4.81. The molecule has 1 unspecified atom stereocenters. The molecule has 0 saturated heterocycles. The van der Waals surface area contributed by atoms with E-state index in [1.54, 1.807) is 26.0 Å². The molecule has 1 atom stereocenters. The third kappa shape index (κ3) is 5.64. The smallest absolute Gasteiger partial charge is 0.338 e. The summed E-state index contributed by atoms with van der Waals surface area (Å²) in [6.07, 6.45) is 0. The van der Waals surface area contributed by atoms with E-state index >= 15 is 0 Å². The van der Waals surface area contributed by atoms with Crippen LogP contribution in [0.25, 0.3) is 0 Å². The Labute approximate surface area is 193 Å². The van der Waals surface area contributed by atoms with E-state index in [-0.39, 0.29) is 12.6 Å². The van der Waals surface area contributed by atoms with Gasteiger partial charge in [0.2, 0.25) is 0 Å². The van der Waals surface area contributed by atoms with E-state index in [2.05, 4.69) is 35.1 Å². The highest BCUT2D eigenvalue weighted by Crippen LogP contribution is 2.28. The van der Waals surface area contributed by atoms with Crippen molar-refractivity contribution in [2.75, 3.05) is 17.2 Å². The molecule has 2 aromatic rings. The van der Waals surface area contributed by atoms with Crippen LogP contribution in [-0.4, -0.2) is 23.7 Å². The van der Waals surface area contributed by atoms with Crippen molar-refractivity contribution in [3.8, 4) is 0 Å². The molecule has 3 rings (SSSR count). The minimum absolute atomic E-state index is 0.283. The largest absolute Gasteiger partial charge is 0.463 e. The maximum absolute atomic E-state index is 12.5. The van der Waals surface area contributed by atoms with Crippen LogP contribution >= 0.6 is 12.2 Å². The molecule has 4 N–H and O–H groups in total. The molecule has 7 nitrogen and oxygen atoms in total. The van der Waals surface area contributed by atoms with Gasteiger partial charge in [0.25, 0.3) is 0 Å². The van der Waals surface area contributed by atoms with Crippen molar-refractivity contribution in [1.29, 1.82) is 0 Å². The third-order valence-corrected chi connectivity index (χ3v) is 5.32. The fourth-order valence-corrected chi connectivity index (χ4v) is 3.70. The number of carbonyl (C=O) groups is 2. The standard InChI is InChI=1S/C24H28N4O3S/c1-5-31-22(29)20-15(4)25-24(32)28-21(20)17-8-12-19(13-9-17)27-23(30)26-18-10-6-16(7-11-18)14(2)3/h6-14,21H,5H2,1-4H3,(H2,25,28,32)(H2,26,27,30). The zero-order chi connectivity index (χ0) is 23.3. The van der Waals surface area contributed by atoms with Crippen LogP contribution in [0.2, 0.25) is 0 Å². The number of thiocarbonyl (C=S) groups is 1. The van der Waals surface area contributed by atoms with E-state index in [9.17, 15) is 9.59 Å². The van der Waals surface area contributed by atoms with Gasteiger partial charge in [0.1, 0.15) is 0 Å². The zero-order valence-electron chi connectivity index (χ0n) is 18.6. The van der Waals surface area contributed by atoms with Crippen LogP contribution in [0.5, 0.6) is 0 Å². The van der Waals surface area contributed by atoms with E-state index in [1.807, 2.05) is 36.4 Å². The second-order valence-electron chi connectivity index (χ2n) is 7.77. The number of carbonyl (C=O) groups excluding carboxylic acids is 2. The number of benzene rings is 2. The molecule has 2 aromatic carbocycles. The fraction of sp³-hybridized carbons (Fsp3) is 0.292. The number of nitrogens with one attached hydrogen (secondary N) is 4. The van der Waals surface area contributed by atoms with Crippen LogP contribution in [0.1, 0.15) is 50.8 Å². The molecule has 0 aliphatic carbocycles. The van der Waals surface area contributed by atoms with Crippen molar-refractivity contribution >= 4 is 40.7 Å². The first-order valence-electron chi connectivity index (χ1n) is 10.5. The van der Waals surface area contributed by atoms with E-state index in [0.29, 0.717) is 28.0 Å². The van der Waals surface area contributed by atoms with Crippen LogP contribution in [-0.2, 0) is 9.53 Å². The van der Waals surface area contributed by atoms with Crippen molar-refractivity contribution < 1.29 is 14.3 Å². The average molecular weight is 453 g/mol.